The highest BCUT2D eigenvalue weighted by molar-refractivity contribution is 7.07. The highest BCUT2D eigenvalue weighted by atomic mass is 32.1. The van der Waals surface area contributed by atoms with Gasteiger partial charge in [0, 0.05) is 30.4 Å². The van der Waals surface area contributed by atoms with E-state index in [1.54, 1.807) is 17.5 Å². The summed E-state index contributed by atoms with van der Waals surface area (Å²) in [5.74, 6) is 1.71. The van der Waals surface area contributed by atoms with Crippen molar-refractivity contribution in [3.63, 3.8) is 0 Å². The SMILES string of the molecule is Cc1cccnc1Nc1cc(C2CCCN2Cc2cscn2)ccn1. The number of hydrogen-bond acceptors (Lipinski definition) is 6. The zero-order valence-electron chi connectivity index (χ0n) is 14.2. The van der Waals surface area contributed by atoms with E-state index >= 15 is 0 Å². The number of nitrogens with zero attached hydrogens (tertiary/aromatic N) is 4. The van der Waals surface area contributed by atoms with Gasteiger partial charge in [0.15, 0.2) is 0 Å². The Labute approximate surface area is 151 Å². The molecule has 25 heavy (non-hydrogen) atoms. The van der Waals surface area contributed by atoms with Gasteiger partial charge in [-0.1, -0.05) is 6.07 Å². The third-order valence-corrected chi connectivity index (χ3v) is 5.27. The second-order valence-electron chi connectivity index (χ2n) is 6.38. The van der Waals surface area contributed by atoms with Crippen LogP contribution < -0.4 is 5.32 Å². The first-order valence-electron chi connectivity index (χ1n) is 8.55. The number of thiazole rings is 1. The van der Waals surface area contributed by atoms with Crippen LogP contribution in [0.15, 0.2) is 47.5 Å². The van der Waals surface area contributed by atoms with Crippen molar-refractivity contribution in [3.05, 3.63) is 64.4 Å². The zero-order valence-corrected chi connectivity index (χ0v) is 15.0. The number of hydrogen-bond donors (Lipinski definition) is 1. The Morgan fingerprint density at radius 3 is 3.04 bits per heavy atom. The summed E-state index contributed by atoms with van der Waals surface area (Å²) < 4.78 is 0. The van der Waals surface area contributed by atoms with Gasteiger partial charge in [-0.2, -0.15) is 0 Å². The normalized spacial score (nSPS) is 17.7. The Morgan fingerprint density at radius 2 is 2.20 bits per heavy atom. The molecule has 0 bridgehead atoms. The van der Waals surface area contributed by atoms with E-state index in [4.69, 9.17) is 0 Å². The summed E-state index contributed by atoms with van der Waals surface area (Å²) in [5.41, 5.74) is 5.48. The van der Waals surface area contributed by atoms with Crippen molar-refractivity contribution in [2.75, 3.05) is 11.9 Å². The van der Waals surface area contributed by atoms with Gasteiger partial charge >= 0.3 is 0 Å². The largest absolute Gasteiger partial charge is 0.325 e. The van der Waals surface area contributed by atoms with Crippen molar-refractivity contribution in [2.24, 2.45) is 0 Å². The minimum Gasteiger partial charge on any atom is -0.325 e. The van der Waals surface area contributed by atoms with Crippen molar-refractivity contribution in [2.45, 2.75) is 32.4 Å². The average molecular weight is 351 g/mol. The number of pyridine rings is 2. The predicted octanol–water partition coefficient (Wildman–Crippen LogP) is 4.32. The first-order chi connectivity index (χ1) is 12.3. The predicted molar refractivity (Wildman–Crippen MR) is 101 cm³/mol. The second-order valence-corrected chi connectivity index (χ2v) is 7.10. The highest BCUT2D eigenvalue weighted by Gasteiger charge is 2.26. The third-order valence-electron chi connectivity index (χ3n) is 4.64. The lowest BCUT2D eigenvalue weighted by atomic mass is 10.1. The Hall–Kier alpha value is -2.31. The molecule has 1 aliphatic heterocycles. The number of likely N-dealkylation sites (tertiary alicyclic amines) is 1. The molecular weight excluding hydrogens is 330 g/mol. The van der Waals surface area contributed by atoms with Gasteiger partial charge in [-0.15, -0.1) is 11.3 Å². The van der Waals surface area contributed by atoms with Crippen molar-refractivity contribution in [1.29, 1.82) is 0 Å². The molecule has 0 radical (unpaired) electrons. The lowest BCUT2D eigenvalue weighted by Gasteiger charge is -2.24. The molecule has 6 heteroatoms. The molecule has 1 atom stereocenters. The number of anilines is 2. The van der Waals surface area contributed by atoms with E-state index in [1.165, 1.54) is 18.4 Å². The lowest BCUT2D eigenvalue weighted by molar-refractivity contribution is 0.246. The van der Waals surface area contributed by atoms with Gasteiger partial charge in [-0.3, -0.25) is 4.90 Å². The molecule has 0 saturated carbocycles. The molecule has 5 nitrogen and oxygen atoms in total. The van der Waals surface area contributed by atoms with Gasteiger partial charge in [0.05, 0.1) is 11.2 Å². The summed E-state index contributed by atoms with van der Waals surface area (Å²) >= 11 is 1.66. The molecule has 0 spiro atoms. The number of rotatable bonds is 5. The van der Waals surface area contributed by atoms with Gasteiger partial charge in [0.1, 0.15) is 11.6 Å². The second kappa shape index (κ2) is 7.29. The van der Waals surface area contributed by atoms with Crippen molar-refractivity contribution >= 4 is 23.0 Å². The number of nitrogens with one attached hydrogen (secondary N) is 1. The molecule has 0 aromatic carbocycles. The fraction of sp³-hybridized carbons (Fsp3) is 0.316. The van der Waals surface area contributed by atoms with Gasteiger partial charge < -0.3 is 5.32 Å². The molecule has 3 aromatic rings. The molecule has 1 fully saturated rings. The summed E-state index contributed by atoms with van der Waals surface area (Å²) in [4.78, 5) is 15.8. The Morgan fingerprint density at radius 1 is 1.24 bits per heavy atom. The summed E-state index contributed by atoms with van der Waals surface area (Å²) in [5, 5.41) is 5.48. The molecule has 128 valence electrons. The standard InChI is InChI=1S/C19H21N5S/c1-14-4-2-7-21-19(14)23-18-10-15(6-8-20-18)17-5-3-9-24(17)11-16-12-25-13-22-16/h2,4,6-8,10,12-13,17H,3,5,9,11H2,1H3,(H,20,21,23). The van der Waals surface area contributed by atoms with E-state index in [2.05, 4.69) is 42.7 Å². The fourth-order valence-electron chi connectivity index (χ4n) is 3.38. The monoisotopic (exact) mass is 351 g/mol. The summed E-state index contributed by atoms with van der Waals surface area (Å²) in [6.07, 6.45) is 6.08. The van der Waals surface area contributed by atoms with Crippen LogP contribution in [-0.2, 0) is 6.54 Å². The topological polar surface area (TPSA) is 53.9 Å². The van der Waals surface area contributed by atoms with Crippen LogP contribution in [0.1, 0.15) is 35.7 Å². The Balaban J connectivity index is 1.53. The van der Waals surface area contributed by atoms with Crippen molar-refractivity contribution in [1.82, 2.24) is 19.9 Å². The highest BCUT2D eigenvalue weighted by Crippen LogP contribution is 2.34. The van der Waals surface area contributed by atoms with Crippen LogP contribution in [0.5, 0.6) is 0 Å². The first kappa shape index (κ1) is 16.2. The molecule has 1 N–H and O–H groups in total. The smallest absolute Gasteiger partial charge is 0.134 e. The first-order valence-corrected chi connectivity index (χ1v) is 9.49. The van der Waals surface area contributed by atoms with E-state index in [0.29, 0.717) is 6.04 Å². The van der Waals surface area contributed by atoms with Gasteiger partial charge in [-0.05, 0) is 55.6 Å². The van der Waals surface area contributed by atoms with Crippen LogP contribution in [0.25, 0.3) is 0 Å². The van der Waals surface area contributed by atoms with E-state index in [1.807, 2.05) is 30.8 Å². The molecule has 1 saturated heterocycles. The van der Waals surface area contributed by atoms with Crippen LogP contribution in [0.2, 0.25) is 0 Å². The quantitative estimate of drug-likeness (QED) is 0.742. The molecule has 4 rings (SSSR count). The summed E-state index contributed by atoms with van der Waals surface area (Å²) in [6.45, 7) is 4.08. The van der Waals surface area contributed by atoms with Gasteiger partial charge in [-0.25, -0.2) is 15.0 Å². The summed E-state index contributed by atoms with van der Waals surface area (Å²) in [6, 6.07) is 8.69. The number of aryl methyl sites for hydroxylation is 1. The minimum atomic E-state index is 0.426. The average Bonchev–Trinajstić information content (AvgIpc) is 3.30. The van der Waals surface area contributed by atoms with Crippen LogP contribution in [0, 0.1) is 6.92 Å². The van der Waals surface area contributed by atoms with Crippen LogP contribution >= 0.6 is 11.3 Å². The van der Waals surface area contributed by atoms with E-state index in [0.717, 1.165) is 36.0 Å². The molecule has 4 heterocycles. The molecular formula is C19H21N5S. The Bertz CT molecular complexity index is 833. The third kappa shape index (κ3) is 3.70. The number of aromatic nitrogens is 3. The maximum absolute atomic E-state index is 4.47. The van der Waals surface area contributed by atoms with E-state index in [-0.39, 0.29) is 0 Å². The van der Waals surface area contributed by atoms with Crippen LogP contribution in [-0.4, -0.2) is 26.4 Å². The van der Waals surface area contributed by atoms with Gasteiger partial charge in [0.2, 0.25) is 0 Å². The fourth-order valence-corrected chi connectivity index (χ4v) is 3.93. The van der Waals surface area contributed by atoms with Crippen molar-refractivity contribution in [3.8, 4) is 0 Å². The maximum Gasteiger partial charge on any atom is 0.134 e. The molecule has 3 aromatic heterocycles. The van der Waals surface area contributed by atoms with E-state index < -0.39 is 0 Å². The van der Waals surface area contributed by atoms with Crippen LogP contribution in [0.3, 0.4) is 0 Å². The lowest BCUT2D eigenvalue weighted by Crippen LogP contribution is -2.23. The van der Waals surface area contributed by atoms with Crippen LogP contribution in [0.4, 0.5) is 11.6 Å². The molecule has 1 aliphatic rings. The molecule has 0 amide bonds. The molecule has 1 unspecified atom stereocenters. The maximum atomic E-state index is 4.47. The zero-order chi connectivity index (χ0) is 17.1. The molecule has 0 aliphatic carbocycles. The van der Waals surface area contributed by atoms with Gasteiger partial charge in [0.25, 0.3) is 0 Å². The Kier molecular flexibility index (Phi) is 4.72. The van der Waals surface area contributed by atoms with E-state index in [9.17, 15) is 0 Å². The van der Waals surface area contributed by atoms with Crippen molar-refractivity contribution < 1.29 is 0 Å². The minimum absolute atomic E-state index is 0.426. The summed E-state index contributed by atoms with van der Waals surface area (Å²) in [7, 11) is 0.